The number of nitrogens with two attached hydrogens (primary N) is 1. The maximum Gasteiger partial charge on any atom is 0.375 e. The number of rotatable bonds is 1. The van der Waals surface area contributed by atoms with Crippen molar-refractivity contribution in [2.24, 2.45) is 0 Å². The van der Waals surface area contributed by atoms with E-state index < -0.39 is 17.4 Å². The van der Waals surface area contributed by atoms with Crippen LogP contribution in [0.15, 0.2) is 16.9 Å². The first-order valence-corrected chi connectivity index (χ1v) is 5.46. The number of benzene rings is 1. The number of hydrogen-bond donors (Lipinski definition) is 3. The zero-order valence-corrected chi connectivity index (χ0v) is 9.97. The molecule has 19 heavy (non-hydrogen) atoms. The van der Waals surface area contributed by atoms with Crippen LogP contribution in [0.5, 0.6) is 0 Å². The normalized spacial score (nSPS) is 11.2. The predicted octanol–water partition coefficient (Wildman–Crippen LogP) is 0.505. The lowest BCUT2D eigenvalue weighted by atomic mass is 10.2. The van der Waals surface area contributed by atoms with Crippen LogP contribution >= 0.6 is 11.6 Å². The monoisotopic (exact) mass is 279 g/mol. The van der Waals surface area contributed by atoms with Crippen molar-refractivity contribution in [2.75, 3.05) is 5.73 Å². The van der Waals surface area contributed by atoms with Crippen molar-refractivity contribution in [3.63, 3.8) is 0 Å². The average Bonchev–Trinajstić information content (AvgIpc) is 2.73. The van der Waals surface area contributed by atoms with E-state index in [2.05, 4.69) is 15.1 Å². The van der Waals surface area contributed by atoms with Crippen LogP contribution in [0.1, 0.15) is 10.6 Å². The Balaban J connectivity index is 2.58. The lowest BCUT2D eigenvalue weighted by Gasteiger charge is -2.04. The van der Waals surface area contributed by atoms with Gasteiger partial charge >= 0.3 is 5.97 Å². The molecule has 3 rings (SSSR count). The Morgan fingerprint density at radius 1 is 1.47 bits per heavy atom. The summed E-state index contributed by atoms with van der Waals surface area (Å²) < 4.78 is 1.10. The Morgan fingerprint density at radius 3 is 2.89 bits per heavy atom. The molecule has 0 aliphatic carbocycles. The number of aromatic carboxylic acids is 1. The molecule has 0 amide bonds. The standard InChI is InChI=1S/C10H6ClN5O3/c11-3-1-4(12)6-5(2-3)13-9(17)8-14-7(10(18)19)15-16(6)8/h1-2H,12H2,(H,13,17)(H,18,19). The fourth-order valence-electron chi connectivity index (χ4n) is 1.84. The minimum Gasteiger partial charge on any atom is -0.475 e. The highest BCUT2D eigenvalue weighted by atomic mass is 35.5. The highest BCUT2D eigenvalue weighted by molar-refractivity contribution is 6.31. The van der Waals surface area contributed by atoms with Gasteiger partial charge in [0.25, 0.3) is 11.4 Å². The van der Waals surface area contributed by atoms with Crippen LogP contribution in [0.4, 0.5) is 5.69 Å². The Hall–Kier alpha value is -2.61. The fourth-order valence-corrected chi connectivity index (χ4v) is 2.06. The highest BCUT2D eigenvalue weighted by Gasteiger charge is 2.17. The lowest BCUT2D eigenvalue weighted by molar-refractivity contribution is 0.0684. The Morgan fingerprint density at radius 2 is 2.21 bits per heavy atom. The quantitative estimate of drug-likeness (QED) is 0.557. The van der Waals surface area contributed by atoms with Gasteiger partial charge in [0.15, 0.2) is 0 Å². The zero-order valence-electron chi connectivity index (χ0n) is 9.22. The molecule has 1 aromatic carbocycles. The molecule has 0 unspecified atom stereocenters. The number of nitrogens with zero attached hydrogens (tertiary/aromatic N) is 3. The van der Waals surface area contributed by atoms with Gasteiger partial charge in [-0.1, -0.05) is 11.6 Å². The maximum atomic E-state index is 11.8. The zero-order chi connectivity index (χ0) is 13.7. The summed E-state index contributed by atoms with van der Waals surface area (Å²) in [5, 5.41) is 13.0. The van der Waals surface area contributed by atoms with Crippen molar-refractivity contribution in [1.29, 1.82) is 0 Å². The first kappa shape index (κ1) is 11.5. The molecule has 0 atom stereocenters. The number of carboxylic acids is 1. The first-order valence-electron chi connectivity index (χ1n) is 5.08. The number of carboxylic acid groups (broad SMARTS) is 1. The number of aromatic amines is 1. The van der Waals surface area contributed by atoms with Gasteiger partial charge in [-0.2, -0.15) is 4.98 Å². The molecule has 0 radical (unpaired) electrons. The van der Waals surface area contributed by atoms with Crippen LogP contribution < -0.4 is 11.3 Å². The Kier molecular flexibility index (Phi) is 2.23. The van der Waals surface area contributed by atoms with Gasteiger partial charge in [0.1, 0.15) is 5.52 Å². The first-order chi connectivity index (χ1) is 8.97. The molecule has 2 aromatic heterocycles. The molecular weight excluding hydrogens is 274 g/mol. The third-order valence-electron chi connectivity index (χ3n) is 2.57. The number of hydrogen-bond acceptors (Lipinski definition) is 5. The third kappa shape index (κ3) is 1.61. The van der Waals surface area contributed by atoms with Crippen LogP contribution in [-0.2, 0) is 0 Å². The second-order valence-electron chi connectivity index (χ2n) is 3.82. The van der Waals surface area contributed by atoms with Crippen LogP contribution in [0.3, 0.4) is 0 Å². The third-order valence-corrected chi connectivity index (χ3v) is 2.78. The van der Waals surface area contributed by atoms with Crippen molar-refractivity contribution >= 4 is 39.9 Å². The van der Waals surface area contributed by atoms with Gasteiger partial charge in [0.05, 0.1) is 11.2 Å². The molecule has 0 fully saturated rings. The van der Waals surface area contributed by atoms with Gasteiger partial charge in [-0.25, -0.2) is 9.31 Å². The molecule has 0 saturated carbocycles. The number of nitrogens with one attached hydrogen (secondary N) is 1. The second-order valence-corrected chi connectivity index (χ2v) is 4.26. The number of fused-ring (bicyclic) bond motifs is 3. The van der Waals surface area contributed by atoms with Crippen molar-refractivity contribution < 1.29 is 9.90 Å². The highest BCUT2D eigenvalue weighted by Crippen LogP contribution is 2.23. The number of carbonyl (C=O) groups is 1. The summed E-state index contributed by atoms with van der Waals surface area (Å²) in [5.74, 6) is -1.81. The largest absolute Gasteiger partial charge is 0.475 e. The van der Waals surface area contributed by atoms with Gasteiger partial charge in [0, 0.05) is 5.02 Å². The maximum absolute atomic E-state index is 11.8. The molecule has 2 heterocycles. The van der Waals surface area contributed by atoms with Crippen LogP contribution in [-0.4, -0.2) is 30.7 Å². The van der Waals surface area contributed by atoms with Gasteiger partial charge in [-0.15, -0.1) is 5.10 Å². The van der Waals surface area contributed by atoms with Crippen molar-refractivity contribution in [2.45, 2.75) is 0 Å². The lowest BCUT2D eigenvalue weighted by Crippen LogP contribution is -2.12. The molecule has 9 heteroatoms. The number of anilines is 1. The second kappa shape index (κ2) is 3.69. The van der Waals surface area contributed by atoms with E-state index in [4.69, 9.17) is 22.4 Å². The minimum atomic E-state index is -1.33. The van der Waals surface area contributed by atoms with E-state index in [9.17, 15) is 9.59 Å². The summed E-state index contributed by atoms with van der Waals surface area (Å²) in [7, 11) is 0. The predicted molar refractivity (Wildman–Crippen MR) is 67.5 cm³/mol. The molecule has 3 aromatic rings. The molecular formula is C10H6ClN5O3. The Bertz CT molecular complexity index is 897. The number of H-pyrrole nitrogens is 1. The molecule has 0 bridgehead atoms. The SMILES string of the molecule is Nc1cc(Cl)cc2[nH]c(=O)c3nc(C(=O)O)nn3c12. The molecule has 0 aliphatic rings. The van der Waals surface area contributed by atoms with Crippen LogP contribution in [0, 0.1) is 0 Å². The van der Waals surface area contributed by atoms with Gasteiger partial charge in [-0.05, 0) is 12.1 Å². The van der Waals surface area contributed by atoms with E-state index in [-0.39, 0.29) is 11.3 Å². The van der Waals surface area contributed by atoms with Crippen molar-refractivity contribution in [3.05, 3.63) is 33.3 Å². The summed E-state index contributed by atoms with van der Waals surface area (Å²) in [6, 6.07) is 2.97. The fraction of sp³-hybridized carbons (Fsp3) is 0. The van der Waals surface area contributed by atoms with Crippen LogP contribution in [0.2, 0.25) is 5.02 Å². The van der Waals surface area contributed by atoms with E-state index in [1.54, 1.807) is 0 Å². The van der Waals surface area contributed by atoms with Crippen molar-refractivity contribution in [1.82, 2.24) is 19.6 Å². The average molecular weight is 280 g/mol. The van der Waals surface area contributed by atoms with Gasteiger partial charge in [0.2, 0.25) is 5.65 Å². The molecule has 0 saturated heterocycles. The summed E-state index contributed by atoms with van der Waals surface area (Å²) in [5.41, 5.74) is 6.05. The molecule has 4 N–H and O–H groups in total. The van der Waals surface area contributed by atoms with E-state index >= 15 is 0 Å². The minimum absolute atomic E-state index is 0.140. The van der Waals surface area contributed by atoms with E-state index in [0.717, 1.165) is 4.52 Å². The summed E-state index contributed by atoms with van der Waals surface area (Å²) >= 11 is 5.84. The van der Waals surface area contributed by atoms with Gasteiger partial charge in [-0.3, -0.25) is 4.79 Å². The Labute approximate surface area is 109 Å². The van der Waals surface area contributed by atoms with Crippen molar-refractivity contribution in [3.8, 4) is 0 Å². The smallest absolute Gasteiger partial charge is 0.375 e. The molecule has 8 nitrogen and oxygen atoms in total. The van der Waals surface area contributed by atoms with E-state index in [1.165, 1.54) is 12.1 Å². The van der Waals surface area contributed by atoms with E-state index in [1.807, 2.05) is 0 Å². The summed E-state index contributed by atoms with van der Waals surface area (Å²) in [4.78, 5) is 28.8. The van der Waals surface area contributed by atoms with E-state index in [0.29, 0.717) is 16.1 Å². The molecule has 0 aliphatic heterocycles. The molecule has 96 valence electrons. The topological polar surface area (TPSA) is 126 Å². The summed E-state index contributed by atoms with van der Waals surface area (Å²) in [6.45, 7) is 0. The molecule has 0 spiro atoms. The van der Waals surface area contributed by atoms with Gasteiger partial charge < -0.3 is 15.8 Å². The number of halogens is 1. The number of nitrogen functional groups attached to an aromatic ring is 1. The summed E-state index contributed by atoms with van der Waals surface area (Å²) in [6.07, 6.45) is 0. The number of aromatic nitrogens is 4. The van der Waals surface area contributed by atoms with Crippen LogP contribution in [0.25, 0.3) is 16.7 Å².